The summed E-state index contributed by atoms with van der Waals surface area (Å²) < 4.78 is 13.0. The van der Waals surface area contributed by atoms with Crippen LogP contribution in [0, 0.1) is 0 Å². The number of methoxy groups -OCH3 is 2. The van der Waals surface area contributed by atoms with E-state index in [9.17, 15) is 0 Å². The largest absolute Gasteiger partial charge is 0.493 e. The van der Waals surface area contributed by atoms with Crippen molar-refractivity contribution in [2.75, 3.05) is 20.8 Å². The molecule has 3 aromatic rings. The Bertz CT molecular complexity index is 858. The molecule has 0 saturated carbocycles. The molecule has 0 fully saturated rings. The first-order valence-corrected chi connectivity index (χ1v) is 9.12. The van der Waals surface area contributed by atoms with Gasteiger partial charge in [0, 0.05) is 6.54 Å². The Balaban J connectivity index is 1.62. The summed E-state index contributed by atoms with van der Waals surface area (Å²) in [6.45, 7) is 4.84. The summed E-state index contributed by atoms with van der Waals surface area (Å²) in [7, 11) is 3.32. The second-order valence-electron chi connectivity index (χ2n) is 6.28. The summed E-state index contributed by atoms with van der Waals surface area (Å²) in [5.41, 5.74) is 3.50. The highest BCUT2D eigenvalue weighted by Gasteiger charge is 2.09. The molecule has 2 aromatic carbocycles. The number of benzene rings is 2. The van der Waals surface area contributed by atoms with Crippen LogP contribution >= 0.6 is 0 Å². The molecule has 0 radical (unpaired) electrons. The van der Waals surface area contributed by atoms with Crippen LogP contribution in [-0.2, 0) is 19.5 Å². The molecule has 1 N–H and O–H groups in total. The van der Waals surface area contributed by atoms with Crippen LogP contribution in [0.5, 0.6) is 11.5 Å². The number of rotatable bonds is 9. The molecule has 138 valence electrons. The van der Waals surface area contributed by atoms with Crippen LogP contribution in [0.25, 0.3) is 11.0 Å². The van der Waals surface area contributed by atoms with Crippen molar-refractivity contribution in [1.29, 1.82) is 0 Å². The molecule has 0 aliphatic carbocycles. The van der Waals surface area contributed by atoms with Crippen molar-refractivity contribution >= 4 is 11.0 Å². The Labute approximate surface area is 155 Å². The number of fused-ring (bicyclic) bond motifs is 1. The molecule has 0 atom stereocenters. The van der Waals surface area contributed by atoms with Crippen LogP contribution in [-0.4, -0.2) is 30.3 Å². The van der Waals surface area contributed by atoms with E-state index in [1.807, 2.05) is 18.2 Å². The second kappa shape index (κ2) is 8.72. The number of aromatic nitrogens is 2. The molecule has 0 saturated heterocycles. The molecule has 3 rings (SSSR count). The van der Waals surface area contributed by atoms with Crippen molar-refractivity contribution in [2.24, 2.45) is 0 Å². The van der Waals surface area contributed by atoms with Gasteiger partial charge in [-0.15, -0.1) is 0 Å². The summed E-state index contributed by atoms with van der Waals surface area (Å²) in [5, 5.41) is 3.52. The van der Waals surface area contributed by atoms with E-state index < -0.39 is 0 Å². The van der Waals surface area contributed by atoms with Crippen molar-refractivity contribution < 1.29 is 9.47 Å². The SMILES string of the molecule is CCCn1c(CNCCc2ccc(OC)c(OC)c2)nc2ccccc21. The Morgan fingerprint density at radius 3 is 2.62 bits per heavy atom. The lowest BCUT2D eigenvalue weighted by Crippen LogP contribution is -2.19. The van der Waals surface area contributed by atoms with E-state index in [1.54, 1.807) is 14.2 Å². The summed E-state index contributed by atoms with van der Waals surface area (Å²) in [4.78, 5) is 4.79. The number of imidazole rings is 1. The van der Waals surface area contributed by atoms with Gasteiger partial charge in [-0.25, -0.2) is 4.98 Å². The van der Waals surface area contributed by atoms with Gasteiger partial charge in [0.15, 0.2) is 11.5 Å². The summed E-state index contributed by atoms with van der Waals surface area (Å²) in [5.74, 6) is 2.63. The van der Waals surface area contributed by atoms with E-state index in [4.69, 9.17) is 14.5 Å². The average molecular weight is 353 g/mol. The molecule has 0 bridgehead atoms. The van der Waals surface area contributed by atoms with Crippen molar-refractivity contribution in [1.82, 2.24) is 14.9 Å². The minimum Gasteiger partial charge on any atom is -0.493 e. The van der Waals surface area contributed by atoms with E-state index in [0.29, 0.717) is 0 Å². The Hall–Kier alpha value is -2.53. The van der Waals surface area contributed by atoms with Crippen LogP contribution in [0.15, 0.2) is 42.5 Å². The van der Waals surface area contributed by atoms with Crippen molar-refractivity contribution in [2.45, 2.75) is 32.9 Å². The maximum Gasteiger partial charge on any atom is 0.160 e. The maximum atomic E-state index is 5.37. The lowest BCUT2D eigenvalue weighted by molar-refractivity contribution is 0.354. The molecule has 0 aliphatic rings. The number of ether oxygens (including phenoxy) is 2. The van der Waals surface area contributed by atoms with Gasteiger partial charge in [-0.3, -0.25) is 0 Å². The van der Waals surface area contributed by atoms with E-state index >= 15 is 0 Å². The molecule has 0 spiro atoms. The predicted octanol–water partition coefficient (Wildman–Crippen LogP) is 3.80. The van der Waals surface area contributed by atoms with Crippen molar-refractivity contribution in [3.8, 4) is 11.5 Å². The van der Waals surface area contributed by atoms with Gasteiger partial charge < -0.3 is 19.4 Å². The monoisotopic (exact) mass is 353 g/mol. The van der Waals surface area contributed by atoms with Crippen molar-refractivity contribution in [3.63, 3.8) is 0 Å². The van der Waals surface area contributed by atoms with Crippen LogP contribution < -0.4 is 14.8 Å². The topological polar surface area (TPSA) is 48.3 Å². The van der Waals surface area contributed by atoms with Gasteiger partial charge in [-0.05, 0) is 49.2 Å². The number of hydrogen-bond acceptors (Lipinski definition) is 4. The molecule has 1 heterocycles. The third kappa shape index (κ3) is 3.99. The maximum absolute atomic E-state index is 5.37. The zero-order chi connectivity index (χ0) is 18.4. The average Bonchev–Trinajstić information content (AvgIpc) is 3.03. The standard InChI is InChI=1S/C21H27N3O2/c1-4-13-24-18-8-6-5-7-17(18)23-21(24)15-22-12-11-16-9-10-19(25-2)20(14-16)26-3/h5-10,14,22H,4,11-13,15H2,1-3H3. The molecule has 0 aliphatic heterocycles. The number of nitrogens with one attached hydrogen (secondary N) is 1. The number of nitrogens with zero attached hydrogens (tertiary/aromatic N) is 2. The fraction of sp³-hybridized carbons (Fsp3) is 0.381. The van der Waals surface area contributed by atoms with Gasteiger partial charge in [0.05, 0.1) is 31.8 Å². The van der Waals surface area contributed by atoms with E-state index in [0.717, 1.165) is 55.3 Å². The van der Waals surface area contributed by atoms with Crippen molar-refractivity contribution in [3.05, 3.63) is 53.9 Å². The molecule has 0 amide bonds. The molecular formula is C21H27N3O2. The summed E-state index contributed by atoms with van der Waals surface area (Å²) in [6.07, 6.45) is 2.02. The van der Waals surface area contributed by atoms with Gasteiger partial charge in [-0.2, -0.15) is 0 Å². The highest BCUT2D eigenvalue weighted by atomic mass is 16.5. The normalized spacial score (nSPS) is 11.0. The third-order valence-corrected chi connectivity index (χ3v) is 4.50. The Morgan fingerprint density at radius 1 is 1.04 bits per heavy atom. The fourth-order valence-corrected chi connectivity index (χ4v) is 3.20. The zero-order valence-electron chi connectivity index (χ0n) is 15.8. The molecule has 0 unspecified atom stereocenters. The van der Waals surface area contributed by atoms with E-state index in [-0.39, 0.29) is 0 Å². The third-order valence-electron chi connectivity index (χ3n) is 4.50. The van der Waals surface area contributed by atoms with E-state index in [2.05, 4.69) is 41.1 Å². The number of aryl methyl sites for hydroxylation is 1. The minimum atomic E-state index is 0.762. The Morgan fingerprint density at radius 2 is 1.85 bits per heavy atom. The molecule has 5 nitrogen and oxygen atoms in total. The van der Waals surface area contributed by atoms with Gasteiger partial charge in [-0.1, -0.05) is 25.1 Å². The first-order chi connectivity index (χ1) is 12.8. The highest BCUT2D eigenvalue weighted by Crippen LogP contribution is 2.27. The van der Waals surface area contributed by atoms with Gasteiger partial charge in [0.2, 0.25) is 0 Å². The summed E-state index contributed by atoms with van der Waals surface area (Å²) >= 11 is 0. The minimum absolute atomic E-state index is 0.762. The molecule has 1 aromatic heterocycles. The highest BCUT2D eigenvalue weighted by molar-refractivity contribution is 5.75. The van der Waals surface area contributed by atoms with Gasteiger partial charge in [0.1, 0.15) is 5.82 Å². The fourth-order valence-electron chi connectivity index (χ4n) is 3.20. The van der Waals surface area contributed by atoms with E-state index in [1.165, 1.54) is 11.1 Å². The quantitative estimate of drug-likeness (QED) is 0.595. The van der Waals surface area contributed by atoms with Crippen LogP contribution in [0.2, 0.25) is 0 Å². The lowest BCUT2D eigenvalue weighted by atomic mass is 10.1. The second-order valence-corrected chi connectivity index (χ2v) is 6.28. The van der Waals surface area contributed by atoms with Gasteiger partial charge >= 0.3 is 0 Å². The molecule has 26 heavy (non-hydrogen) atoms. The van der Waals surface area contributed by atoms with Crippen LogP contribution in [0.1, 0.15) is 24.7 Å². The predicted molar refractivity (Wildman–Crippen MR) is 105 cm³/mol. The summed E-state index contributed by atoms with van der Waals surface area (Å²) in [6, 6.07) is 14.4. The molecular weight excluding hydrogens is 326 g/mol. The first kappa shape index (κ1) is 18.3. The number of hydrogen-bond donors (Lipinski definition) is 1. The molecule has 5 heteroatoms. The Kier molecular flexibility index (Phi) is 6.12. The zero-order valence-corrected chi connectivity index (χ0v) is 15.8. The van der Waals surface area contributed by atoms with Crippen LogP contribution in [0.4, 0.5) is 0 Å². The lowest BCUT2D eigenvalue weighted by Gasteiger charge is -2.11. The van der Waals surface area contributed by atoms with Gasteiger partial charge in [0.25, 0.3) is 0 Å². The number of para-hydroxylation sites is 2. The smallest absolute Gasteiger partial charge is 0.160 e. The first-order valence-electron chi connectivity index (χ1n) is 9.12. The van der Waals surface area contributed by atoms with Crippen LogP contribution in [0.3, 0.4) is 0 Å².